The Balaban J connectivity index is 2.43. The Kier molecular flexibility index (Phi) is 7.72. The summed E-state index contributed by atoms with van der Waals surface area (Å²) in [5.74, 6) is 0.653. The zero-order valence-corrected chi connectivity index (χ0v) is 13.6. The maximum Gasteiger partial charge on any atom is 0.320 e. The first-order chi connectivity index (χ1) is 9.90. The number of carbonyl (C=O) groups is 2. The third-order valence-electron chi connectivity index (χ3n) is 4.55. The van der Waals surface area contributed by atoms with Crippen LogP contribution in [0.3, 0.4) is 0 Å². The van der Waals surface area contributed by atoms with Crippen LogP contribution in [0.5, 0.6) is 0 Å². The van der Waals surface area contributed by atoms with Gasteiger partial charge in [0.15, 0.2) is 0 Å². The molecule has 0 saturated heterocycles. The summed E-state index contributed by atoms with van der Waals surface area (Å²) in [6.07, 6.45) is 6.22. The molecule has 1 fully saturated rings. The highest BCUT2D eigenvalue weighted by Crippen LogP contribution is 2.30. The minimum absolute atomic E-state index is 0.0703. The normalized spacial score (nSPS) is 23.8. The van der Waals surface area contributed by atoms with E-state index in [1.54, 1.807) is 6.92 Å². The molecule has 0 spiro atoms. The van der Waals surface area contributed by atoms with Gasteiger partial charge in [0.05, 0.1) is 0 Å². The quantitative estimate of drug-likeness (QED) is 0.720. The molecule has 3 atom stereocenters. The third kappa shape index (κ3) is 6.93. The van der Waals surface area contributed by atoms with Crippen molar-refractivity contribution >= 4 is 11.9 Å². The van der Waals surface area contributed by atoms with E-state index in [1.165, 1.54) is 32.6 Å². The van der Waals surface area contributed by atoms with E-state index in [2.05, 4.69) is 12.2 Å². The SMILES string of the molecule is CC(=O)NCCN(CCC1CCCC(C)C1)C(C)C(=O)O. The number of hydrogen-bond acceptors (Lipinski definition) is 3. The highest BCUT2D eigenvalue weighted by Gasteiger charge is 2.23. The predicted molar refractivity (Wildman–Crippen MR) is 83.1 cm³/mol. The largest absolute Gasteiger partial charge is 0.480 e. The van der Waals surface area contributed by atoms with Gasteiger partial charge < -0.3 is 10.4 Å². The lowest BCUT2D eigenvalue weighted by Gasteiger charge is -2.31. The molecule has 0 aromatic heterocycles. The molecule has 3 unspecified atom stereocenters. The van der Waals surface area contributed by atoms with E-state index in [9.17, 15) is 14.7 Å². The molecule has 0 heterocycles. The molecular weight excluding hydrogens is 268 g/mol. The minimum Gasteiger partial charge on any atom is -0.480 e. The molecule has 1 rings (SSSR count). The second-order valence-electron chi connectivity index (χ2n) is 6.46. The van der Waals surface area contributed by atoms with Crippen LogP contribution in [-0.4, -0.2) is 47.6 Å². The predicted octanol–water partition coefficient (Wildman–Crippen LogP) is 2.11. The van der Waals surface area contributed by atoms with Crippen LogP contribution in [0.15, 0.2) is 0 Å². The van der Waals surface area contributed by atoms with E-state index in [-0.39, 0.29) is 5.91 Å². The van der Waals surface area contributed by atoms with Gasteiger partial charge in [0.2, 0.25) is 5.91 Å². The maximum atomic E-state index is 11.2. The first-order valence-corrected chi connectivity index (χ1v) is 8.11. The second kappa shape index (κ2) is 9.03. The number of hydrogen-bond donors (Lipinski definition) is 2. The molecule has 0 aliphatic heterocycles. The number of aliphatic carboxylic acids is 1. The summed E-state index contributed by atoms with van der Waals surface area (Å²) < 4.78 is 0. The van der Waals surface area contributed by atoms with Crippen molar-refractivity contribution in [3.63, 3.8) is 0 Å². The van der Waals surface area contributed by atoms with Gasteiger partial charge in [-0.05, 0) is 38.1 Å². The monoisotopic (exact) mass is 298 g/mol. The molecule has 1 aliphatic rings. The Morgan fingerprint density at radius 2 is 2.05 bits per heavy atom. The summed E-state index contributed by atoms with van der Waals surface area (Å²) in [6, 6.07) is -0.500. The van der Waals surface area contributed by atoms with Gasteiger partial charge in [0.1, 0.15) is 6.04 Å². The van der Waals surface area contributed by atoms with Crippen molar-refractivity contribution in [3.8, 4) is 0 Å². The topological polar surface area (TPSA) is 69.6 Å². The Bertz CT molecular complexity index is 346. The van der Waals surface area contributed by atoms with Crippen LogP contribution in [0, 0.1) is 11.8 Å². The van der Waals surface area contributed by atoms with Crippen molar-refractivity contribution in [2.75, 3.05) is 19.6 Å². The highest BCUT2D eigenvalue weighted by atomic mass is 16.4. The Hall–Kier alpha value is -1.10. The van der Waals surface area contributed by atoms with Crippen molar-refractivity contribution in [1.29, 1.82) is 0 Å². The summed E-state index contributed by atoms with van der Waals surface area (Å²) >= 11 is 0. The van der Waals surface area contributed by atoms with Gasteiger partial charge in [-0.2, -0.15) is 0 Å². The van der Waals surface area contributed by atoms with Crippen LogP contribution >= 0.6 is 0 Å². The van der Waals surface area contributed by atoms with E-state index < -0.39 is 12.0 Å². The van der Waals surface area contributed by atoms with Crippen molar-refractivity contribution in [3.05, 3.63) is 0 Å². The molecule has 2 N–H and O–H groups in total. The van der Waals surface area contributed by atoms with Crippen LogP contribution in [0.4, 0.5) is 0 Å². The molecule has 21 heavy (non-hydrogen) atoms. The van der Waals surface area contributed by atoms with Gasteiger partial charge in [-0.25, -0.2) is 0 Å². The molecule has 0 radical (unpaired) electrons. The summed E-state index contributed by atoms with van der Waals surface area (Å²) in [4.78, 5) is 24.1. The Morgan fingerprint density at radius 3 is 2.62 bits per heavy atom. The van der Waals surface area contributed by atoms with Crippen LogP contribution in [-0.2, 0) is 9.59 Å². The number of carboxylic acid groups (broad SMARTS) is 1. The third-order valence-corrected chi connectivity index (χ3v) is 4.55. The van der Waals surface area contributed by atoms with Gasteiger partial charge in [-0.3, -0.25) is 14.5 Å². The summed E-state index contributed by atoms with van der Waals surface area (Å²) in [5, 5.41) is 12.0. The lowest BCUT2D eigenvalue weighted by Crippen LogP contribution is -2.44. The zero-order chi connectivity index (χ0) is 15.8. The van der Waals surface area contributed by atoms with Gasteiger partial charge in [-0.15, -0.1) is 0 Å². The fourth-order valence-corrected chi connectivity index (χ4v) is 3.20. The number of nitrogens with one attached hydrogen (secondary N) is 1. The van der Waals surface area contributed by atoms with E-state index in [1.807, 2.05) is 4.90 Å². The van der Waals surface area contributed by atoms with Crippen LogP contribution in [0.1, 0.15) is 52.9 Å². The molecule has 1 aliphatic carbocycles. The van der Waals surface area contributed by atoms with E-state index >= 15 is 0 Å². The maximum absolute atomic E-state index is 11.2. The van der Waals surface area contributed by atoms with Crippen LogP contribution in [0.25, 0.3) is 0 Å². The van der Waals surface area contributed by atoms with E-state index in [0.29, 0.717) is 13.1 Å². The summed E-state index contributed by atoms with van der Waals surface area (Å²) in [7, 11) is 0. The smallest absolute Gasteiger partial charge is 0.320 e. The van der Waals surface area contributed by atoms with Gasteiger partial charge in [0.25, 0.3) is 0 Å². The number of rotatable bonds is 8. The number of carboxylic acids is 1. The van der Waals surface area contributed by atoms with E-state index in [0.717, 1.165) is 24.8 Å². The zero-order valence-electron chi connectivity index (χ0n) is 13.6. The lowest BCUT2D eigenvalue weighted by molar-refractivity contribution is -0.142. The summed E-state index contributed by atoms with van der Waals surface area (Å²) in [6.45, 7) is 7.41. The highest BCUT2D eigenvalue weighted by molar-refractivity contribution is 5.73. The van der Waals surface area contributed by atoms with E-state index in [4.69, 9.17) is 0 Å². The first-order valence-electron chi connectivity index (χ1n) is 8.11. The number of amides is 1. The Morgan fingerprint density at radius 1 is 1.33 bits per heavy atom. The van der Waals surface area contributed by atoms with Crippen molar-refractivity contribution in [2.45, 2.75) is 58.9 Å². The first kappa shape index (κ1) is 18.0. The number of carbonyl (C=O) groups excluding carboxylic acids is 1. The van der Waals surface area contributed by atoms with Gasteiger partial charge in [-0.1, -0.05) is 26.2 Å². The average Bonchev–Trinajstić information content (AvgIpc) is 2.41. The molecule has 1 saturated carbocycles. The van der Waals surface area contributed by atoms with Crippen LogP contribution < -0.4 is 5.32 Å². The molecule has 5 nitrogen and oxygen atoms in total. The standard InChI is InChI=1S/C16H30N2O3/c1-12-5-4-6-15(11-12)7-9-18(13(2)16(20)21)10-8-17-14(3)19/h12-13,15H,4-11H2,1-3H3,(H,17,19)(H,20,21). The van der Waals surface area contributed by atoms with Gasteiger partial charge >= 0.3 is 5.97 Å². The average molecular weight is 298 g/mol. The number of nitrogens with zero attached hydrogens (tertiary/aromatic N) is 1. The minimum atomic E-state index is -0.796. The van der Waals surface area contributed by atoms with Crippen molar-refractivity contribution in [2.24, 2.45) is 11.8 Å². The molecule has 0 aromatic carbocycles. The molecular formula is C16H30N2O3. The second-order valence-corrected chi connectivity index (χ2v) is 6.46. The summed E-state index contributed by atoms with van der Waals surface area (Å²) in [5.41, 5.74) is 0. The van der Waals surface area contributed by atoms with Crippen molar-refractivity contribution in [1.82, 2.24) is 10.2 Å². The van der Waals surface area contributed by atoms with Gasteiger partial charge in [0, 0.05) is 20.0 Å². The van der Waals surface area contributed by atoms with Crippen LogP contribution in [0.2, 0.25) is 0 Å². The molecule has 122 valence electrons. The van der Waals surface area contributed by atoms with Crippen molar-refractivity contribution < 1.29 is 14.7 Å². The fourth-order valence-electron chi connectivity index (χ4n) is 3.20. The molecule has 5 heteroatoms. The molecule has 0 bridgehead atoms. The molecule has 1 amide bonds. The fraction of sp³-hybridized carbons (Fsp3) is 0.875. The molecule has 0 aromatic rings. The lowest BCUT2D eigenvalue weighted by atomic mass is 9.81. The Labute approximate surface area is 128 Å².